The normalized spacial score (nSPS) is 15.2. The van der Waals surface area contributed by atoms with Crippen molar-refractivity contribution in [3.63, 3.8) is 0 Å². The molecule has 0 amide bonds. The summed E-state index contributed by atoms with van der Waals surface area (Å²) in [6.07, 6.45) is 3.23. The highest BCUT2D eigenvalue weighted by Crippen LogP contribution is 2.38. The minimum atomic E-state index is -3.76. The molecule has 0 heterocycles. The van der Waals surface area contributed by atoms with Crippen LogP contribution in [0.4, 0.5) is 0 Å². The lowest BCUT2D eigenvalue weighted by Gasteiger charge is -2.22. The molecule has 0 unspecified atom stereocenters. The number of halogens is 1. The first kappa shape index (κ1) is 16.3. The molecule has 1 fully saturated rings. The Kier molecular flexibility index (Phi) is 4.93. The molecule has 1 aliphatic rings. The maximum absolute atomic E-state index is 12.9. The van der Waals surface area contributed by atoms with Gasteiger partial charge in [0.15, 0.2) is 0 Å². The summed E-state index contributed by atoms with van der Waals surface area (Å²) in [6.45, 7) is 3.49. The second-order valence-corrected chi connectivity index (χ2v) is 7.14. The lowest BCUT2D eigenvalue weighted by atomic mass is 10.2. The van der Waals surface area contributed by atoms with Gasteiger partial charge in [0.2, 0.25) is 10.0 Å². The predicted octanol–water partition coefficient (Wildman–Crippen LogP) is 2.18. The van der Waals surface area contributed by atoms with E-state index in [1.165, 1.54) is 23.5 Å². The molecule has 0 bridgehead atoms. The van der Waals surface area contributed by atoms with Crippen molar-refractivity contribution in [1.82, 2.24) is 4.31 Å². The van der Waals surface area contributed by atoms with Crippen LogP contribution in [0.1, 0.15) is 18.4 Å². The van der Waals surface area contributed by atoms with Gasteiger partial charge in [0.1, 0.15) is 10.6 Å². The highest BCUT2D eigenvalue weighted by molar-refractivity contribution is 7.89. The smallest absolute Gasteiger partial charge is 0.247 e. The maximum Gasteiger partial charge on any atom is 0.247 e. The van der Waals surface area contributed by atoms with Crippen molar-refractivity contribution in [3.8, 4) is 5.75 Å². The molecule has 1 aromatic carbocycles. The highest BCUT2D eigenvalue weighted by atomic mass is 35.5. The Morgan fingerprint density at radius 1 is 1.52 bits per heavy atom. The van der Waals surface area contributed by atoms with Crippen LogP contribution >= 0.6 is 11.6 Å². The molecule has 1 aromatic rings. The van der Waals surface area contributed by atoms with Crippen molar-refractivity contribution in [1.29, 1.82) is 0 Å². The van der Waals surface area contributed by atoms with E-state index in [4.69, 9.17) is 16.3 Å². The van der Waals surface area contributed by atoms with E-state index >= 15 is 0 Å². The number of hydrogen-bond acceptors (Lipinski definition) is 4. The number of ether oxygens (including phenoxy) is 1. The zero-order valence-electron chi connectivity index (χ0n) is 11.8. The maximum atomic E-state index is 12.9. The molecule has 7 heteroatoms. The van der Waals surface area contributed by atoms with Crippen molar-refractivity contribution >= 4 is 21.6 Å². The molecular weight excluding hydrogens is 314 g/mol. The van der Waals surface area contributed by atoms with Crippen LogP contribution in [-0.4, -0.2) is 37.5 Å². The van der Waals surface area contributed by atoms with Crippen LogP contribution in [-0.2, 0) is 16.6 Å². The summed E-state index contributed by atoms with van der Waals surface area (Å²) in [5.41, 5.74) is 0.345. The third-order valence-electron chi connectivity index (χ3n) is 3.32. The number of benzene rings is 1. The summed E-state index contributed by atoms with van der Waals surface area (Å²) in [4.78, 5) is -0.0182. The molecule has 0 radical (unpaired) electrons. The molecular formula is C14H18ClNO4S. The van der Waals surface area contributed by atoms with Crippen LogP contribution in [0.2, 0.25) is 5.02 Å². The number of hydrogen-bond donors (Lipinski definition) is 1. The molecule has 2 rings (SSSR count). The van der Waals surface area contributed by atoms with E-state index in [9.17, 15) is 13.5 Å². The Hall–Kier alpha value is -1.08. The van der Waals surface area contributed by atoms with Crippen LogP contribution in [0.15, 0.2) is 29.7 Å². The third-order valence-corrected chi connectivity index (χ3v) is 5.46. The number of sulfonamides is 1. The summed E-state index contributed by atoms with van der Waals surface area (Å²) in [7, 11) is -2.38. The number of aliphatic hydroxyl groups excluding tert-OH is 1. The molecule has 1 saturated carbocycles. The van der Waals surface area contributed by atoms with Crippen molar-refractivity contribution in [2.45, 2.75) is 30.4 Å². The lowest BCUT2D eigenvalue weighted by Crippen LogP contribution is -2.33. The van der Waals surface area contributed by atoms with Gasteiger partial charge in [0, 0.05) is 23.2 Å². The molecule has 0 aromatic heterocycles. The Balaban J connectivity index is 2.57. The first-order valence-electron chi connectivity index (χ1n) is 6.55. The monoisotopic (exact) mass is 331 g/mol. The van der Waals surface area contributed by atoms with Gasteiger partial charge < -0.3 is 9.84 Å². The number of methoxy groups -OCH3 is 1. The Labute approximate surface area is 129 Å². The predicted molar refractivity (Wildman–Crippen MR) is 81.0 cm³/mol. The summed E-state index contributed by atoms with van der Waals surface area (Å²) < 4.78 is 32.3. The number of aliphatic hydroxyl groups is 1. The van der Waals surface area contributed by atoms with Crippen molar-refractivity contribution in [3.05, 3.63) is 35.4 Å². The van der Waals surface area contributed by atoms with E-state index < -0.39 is 10.0 Å². The van der Waals surface area contributed by atoms with Gasteiger partial charge in [0.05, 0.1) is 13.7 Å². The standard InChI is InChI=1S/C14H18ClNO4S/c1-3-6-16(12-4-5-12)21(18,19)13-8-11(15)7-10(9-17)14(13)20-2/h3,7-8,12,17H,1,4-6,9H2,2H3. The fourth-order valence-corrected chi connectivity index (χ4v) is 4.41. The van der Waals surface area contributed by atoms with Crippen LogP contribution in [0.3, 0.4) is 0 Å². The fraction of sp³-hybridized carbons (Fsp3) is 0.429. The minimum Gasteiger partial charge on any atom is -0.495 e. The van der Waals surface area contributed by atoms with Gasteiger partial charge >= 0.3 is 0 Å². The molecule has 5 nitrogen and oxygen atoms in total. The molecule has 21 heavy (non-hydrogen) atoms. The van der Waals surface area contributed by atoms with Crippen LogP contribution in [0, 0.1) is 0 Å². The Bertz CT molecular complexity index is 641. The van der Waals surface area contributed by atoms with Crippen LogP contribution in [0.5, 0.6) is 5.75 Å². The van der Waals surface area contributed by atoms with Gasteiger partial charge in [0.25, 0.3) is 0 Å². The van der Waals surface area contributed by atoms with Crippen LogP contribution < -0.4 is 4.74 Å². The number of rotatable bonds is 7. The first-order valence-corrected chi connectivity index (χ1v) is 8.37. The van der Waals surface area contributed by atoms with Gasteiger partial charge in [-0.1, -0.05) is 17.7 Å². The topological polar surface area (TPSA) is 66.8 Å². The van der Waals surface area contributed by atoms with Gasteiger partial charge in [-0.15, -0.1) is 6.58 Å². The molecule has 116 valence electrons. The van der Waals surface area contributed by atoms with E-state index in [0.717, 1.165) is 12.8 Å². The van der Waals surface area contributed by atoms with Gasteiger partial charge in [-0.05, 0) is 25.0 Å². The summed E-state index contributed by atoms with van der Waals surface area (Å²) in [5, 5.41) is 9.61. The summed E-state index contributed by atoms with van der Waals surface area (Å²) in [5.74, 6) is 0.136. The lowest BCUT2D eigenvalue weighted by molar-refractivity contribution is 0.272. The van der Waals surface area contributed by atoms with E-state index in [-0.39, 0.29) is 34.9 Å². The van der Waals surface area contributed by atoms with Crippen molar-refractivity contribution in [2.75, 3.05) is 13.7 Å². The van der Waals surface area contributed by atoms with Gasteiger partial charge in [-0.2, -0.15) is 4.31 Å². The van der Waals surface area contributed by atoms with E-state index in [0.29, 0.717) is 5.56 Å². The van der Waals surface area contributed by atoms with Crippen LogP contribution in [0.25, 0.3) is 0 Å². The molecule has 0 atom stereocenters. The zero-order chi connectivity index (χ0) is 15.6. The fourth-order valence-electron chi connectivity index (χ4n) is 2.22. The Morgan fingerprint density at radius 2 is 2.19 bits per heavy atom. The molecule has 1 N–H and O–H groups in total. The Morgan fingerprint density at radius 3 is 2.67 bits per heavy atom. The van der Waals surface area contributed by atoms with Gasteiger partial charge in [-0.3, -0.25) is 0 Å². The quantitative estimate of drug-likeness (QED) is 0.778. The summed E-state index contributed by atoms with van der Waals surface area (Å²) in [6, 6.07) is 2.84. The van der Waals surface area contributed by atoms with Crippen molar-refractivity contribution < 1.29 is 18.3 Å². The average Bonchev–Trinajstić information content (AvgIpc) is 3.27. The summed E-state index contributed by atoms with van der Waals surface area (Å²) >= 11 is 5.97. The second-order valence-electron chi connectivity index (χ2n) is 4.85. The van der Waals surface area contributed by atoms with Crippen molar-refractivity contribution in [2.24, 2.45) is 0 Å². The number of nitrogens with zero attached hydrogens (tertiary/aromatic N) is 1. The zero-order valence-corrected chi connectivity index (χ0v) is 13.3. The van der Waals surface area contributed by atoms with E-state index in [1.807, 2.05) is 0 Å². The minimum absolute atomic E-state index is 0.00531. The van der Waals surface area contributed by atoms with Gasteiger partial charge in [-0.25, -0.2) is 8.42 Å². The molecule has 0 spiro atoms. The first-order chi connectivity index (χ1) is 9.95. The molecule has 0 saturated heterocycles. The SMILES string of the molecule is C=CCN(C1CC1)S(=O)(=O)c1cc(Cl)cc(CO)c1OC. The second kappa shape index (κ2) is 6.36. The van der Waals surface area contributed by atoms with E-state index in [2.05, 4.69) is 6.58 Å². The molecule has 1 aliphatic carbocycles. The highest BCUT2D eigenvalue weighted by Gasteiger charge is 2.39. The largest absolute Gasteiger partial charge is 0.495 e. The third kappa shape index (κ3) is 3.23. The van der Waals surface area contributed by atoms with E-state index in [1.54, 1.807) is 6.08 Å². The average molecular weight is 332 g/mol. The molecule has 0 aliphatic heterocycles.